The summed E-state index contributed by atoms with van der Waals surface area (Å²) in [5.41, 5.74) is 2.10. The van der Waals surface area contributed by atoms with Gasteiger partial charge in [-0.25, -0.2) is 4.98 Å². The fourth-order valence-electron chi connectivity index (χ4n) is 1.88. The van der Waals surface area contributed by atoms with E-state index in [-0.39, 0.29) is 11.2 Å². The molecule has 0 spiro atoms. The van der Waals surface area contributed by atoms with Crippen molar-refractivity contribution in [2.75, 3.05) is 13.1 Å². The number of hydrogen-bond acceptors (Lipinski definition) is 4. The van der Waals surface area contributed by atoms with Gasteiger partial charge in [-0.2, -0.15) is 0 Å². The van der Waals surface area contributed by atoms with Crippen LogP contribution in [-0.4, -0.2) is 23.9 Å². The van der Waals surface area contributed by atoms with E-state index in [2.05, 4.69) is 10.3 Å². The summed E-state index contributed by atoms with van der Waals surface area (Å²) < 4.78 is 0. The lowest BCUT2D eigenvalue weighted by atomic mass is 9.78. The van der Waals surface area contributed by atoms with Gasteiger partial charge in [0.15, 0.2) is 5.78 Å². The first kappa shape index (κ1) is 9.80. The van der Waals surface area contributed by atoms with E-state index in [1.54, 1.807) is 5.51 Å². The molecule has 0 aliphatic carbocycles. The molecular weight excluding hydrogens is 196 g/mol. The highest BCUT2D eigenvalue weighted by Gasteiger charge is 2.35. The molecular formula is C10H14N2OS. The minimum atomic E-state index is -0.244. The van der Waals surface area contributed by atoms with Crippen molar-refractivity contribution in [3.05, 3.63) is 16.6 Å². The molecule has 1 aromatic heterocycles. The molecule has 0 saturated carbocycles. The maximum Gasteiger partial charge on any atom is 0.189 e. The van der Waals surface area contributed by atoms with Crippen LogP contribution in [0.15, 0.2) is 10.9 Å². The lowest BCUT2D eigenvalue weighted by Crippen LogP contribution is -2.43. The third-order valence-corrected chi connectivity index (χ3v) is 3.40. The molecule has 0 aromatic carbocycles. The van der Waals surface area contributed by atoms with Crippen molar-refractivity contribution in [3.8, 4) is 0 Å². The number of aromatic nitrogens is 1. The predicted molar refractivity (Wildman–Crippen MR) is 56.7 cm³/mol. The van der Waals surface area contributed by atoms with Crippen LogP contribution in [0, 0.1) is 5.41 Å². The zero-order valence-corrected chi connectivity index (χ0v) is 9.06. The van der Waals surface area contributed by atoms with Crippen molar-refractivity contribution in [2.24, 2.45) is 5.41 Å². The summed E-state index contributed by atoms with van der Waals surface area (Å²) in [6.45, 7) is 3.84. The normalized spacial score (nSPS) is 27.5. The fraction of sp³-hybridized carbons (Fsp3) is 0.600. The van der Waals surface area contributed by atoms with Gasteiger partial charge in [-0.15, -0.1) is 11.3 Å². The lowest BCUT2D eigenvalue weighted by molar-refractivity contribution is 0.0768. The van der Waals surface area contributed by atoms with E-state index in [0.29, 0.717) is 5.69 Å². The molecule has 0 amide bonds. The van der Waals surface area contributed by atoms with Crippen LogP contribution in [0.5, 0.6) is 0 Å². The number of carbonyl (C=O) groups excluding carboxylic acids is 1. The topological polar surface area (TPSA) is 42.0 Å². The molecule has 0 radical (unpaired) electrons. The standard InChI is InChI=1S/C10H14N2OS/c1-10(3-2-4-11-6-10)9(13)8-5-14-7-12-8/h5,7,11H,2-4,6H2,1H3. The van der Waals surface area contributed by atoms with Crippen molar-refractivity contribution in [1.82, 2.24) is 10.3 Å². The highest BCUT2D eigenvalue weighted by atomic mass is 32.1. The minimum absolute atomic E-state index is 0.186. The van der Waals surface area contributed by atoms with Gasteiger partial charge < -0.3 is 5.32 Å². The third-order valence-electron chi connectivity index (χ3n) is 2.81. The lowest BCUT2D eigenvalue weighted by Gasteiger charge is -2.31. The average Bonchev–Trinajstić information content (AvgIpc) is 2.70. The first-order chi connectivity index (χ1) is 6.72. The van der Waals surface area contributed by atoms with Crippen LogP contribution in [-0.2, 0) is 0 Å². The highest BCUT2D eigenvalue weighted by molar-refractivity contribution is 7.07. The van der Waals surface area contributed by atoms with Crippen LogP contribution in [0.1, 0.15) is 30.3 Å². The van der Waals surface area contributed by atoms with Crippen LogP contribution in [0.25, 0.3) is 0 Å². The van der Waals surface area contributed by atoms with E-state index >= 15 is 0 Å². The Hall–Kier alpha value is -0.740. The van der Waals surface area contributed by atoms with Crippen molar-refractivity contribution in [3.63, 3.8) is 0 Å². The number of carbonyl (C=O) groups is 1. The van der Waals surface area contributed by atoms with E-state index in [1.807, 2.05) is 12.3 Å². The van der Waals surface area contributed by atoms with Crippen LogP contribution in [0.3, 0.4) is 0 Å². The zero-order chi connectivity index (χ0) is 10.0. The molecule has 1 atom stereocenters. The maximum atomic E-state index is 12.1. The van der Waals surface area contributed by atoms with Gasteiger partial charge in [-0.1, -0.05) is 6.92 Å². The molecule has 1 saturated heterocycles. The molecule has 0 bridgehead atoms. The van der Waals surface area contributed by atoms with Gasteiger partial charge in [0.25, 0.3) is 0 Å². The summed E-state index contributed by atoms with van der Waals surface area (Å²) in [6.07, 6.45) is 2.04. The molecule has 2 rings (SSSR count). The summed E-state index contributed by atoms with van der Waals surface area (Å²) in [4.78, 5) is 16.2. The van der Waals surface area contributed by atoms with Gasteiger partial charge in [0.2, 0.25) is 0 Å². The minimum Gasteiger partial charge on any atom is -0.316 e. The Bertz CT molecular complexity index is 315. The molecule has 2 heterocycles. The second kappa shape index (κ2) is 3.79. The molecule has 4 heteroatoms. The Balaban J connectivity index is 2.17. The summed E-state index contributed by atoms with van der Waals surface area (Å²) >= 11 is 1.48. The second-order valence-corrected chi connectivity index (χ2v) is 4.76. The third kappa shape index (κ3) is 1.72. The Morgan fingerprint density at radius 1 is 1.71 bits per heavy atom. The average molecular weight is 210 g/mol. The van der Waals surface area contributed by atoms with E-state index < -0.39 is 0 Å². The first-order valence-electron chi connectivity index (χ1n) is 4.86. The number of ketones is 1. The Kier molecular flexibility index (Phi) is 2.65. The number of hydrogen-bond donors (Lipinski definition) is 1. The molecule has 1 aliphatic rings. The first-order valence-corrected chi connectivity index (χ1v) is 5.80. The van der Waals surface area contributed by atoms with E-state index in [1.165, 1.54) is 11.3 Å². The largest absolute Gasteiger partial charge is 0.316 e. The van der Waals surface area contributed by atoms with Gasteiger partial charge >= 0.3 is 0 Å². The van der Waals surface area contributed by atoms with Crippen molar-refractivity contribution in [1.29, 1.82) is 0 Å². The zero-order valence-electron chi connectivity index (χ0n) is 8.25. The molecule has 1 aromatic rings. The van der Waals surface area contributed by atoms with Gasteiger partial charge in [-0.3, -0.25) is 4.79 Å². The fourth-order valence-corrected chi connectivity index (χ4v) is 2.42. The smallest absolute Gasteiger partial charge is 0.189 e. The SMILES string of the molecule is CC1(C(=O)c2cscn2)CCCNC1. The van der Waals surface area contributed by atoms with E-state index in [9.17, 15) is 4.79 Å². The molecule has 1 N–H and O–H groups in total. The number of thiazole rings is 1. The van der Waals surface area contributed by atoms with E-state index in [0.717, 1.165) is 25.9 Å². The van der Waals surface area contributed by atoms with Crippen LogP contribution in [0.4, 0.5) is 0 Å². The number of piperidine rings is 1. The number of nitrogens with one attached hydrogen (secondary N) is 1. The molecule has 76 valence electrons. The van der Waals surface area contributed by atoms with Crippen molar-refractivity contribution >= 4 is 17.1 Å². The van der Waals surface area contributed by atoms with Crippen molar-refractivity contribution < 1.29 is 4.79 Å². The predicted octanol–water partition coefficient (Wildman–Crippen LogP) is 1.72. The maximum absolute atomic E-state index is 12.1. The summed E-state index contributed by atoms with van der Waals surface area (Å²) in [6, 6.07) is 0. The Morgan fingerprint density at radius 2 is 2.57 bits per heavy atom. The van der Waals surface area contributed by atoms with Crippen LogP contribution in [0.2, 0.25) is 0 Å². The Morgan fingerprint density at radius 3 is 3.14 bits per heavy atom. The molecule has 1 fully saturated rings. The van der Waals surface area contributed by atoms with Gasteiger partial charge in [-0.05, 0) is 19.4 Å². The number of nitrogens with zero attached hydrogens (tertiary/aromatic N) is 1. The summed E-state index contributed by atoms with van der Waals surface area (Å²) in [7, 11) is 0. The Labute approximate surface area is 87.6 Å². The summed E-state index contributed by atoms with van der Waals surface area (Å²) in [5, 5.41) is 5.11. The van der Waals surface area contributed by atoms with Crippen LogP contribution < -0.4 is 5.32 Å². The van der Waals surface area contributed by atoms with Gasteiger partial charge in [0, 0.05) is 17.3 Å². The monoisotopic (exact) mass is 210 g/mol. The molecule has 14 heavy (non-hydrogen) atoms. The van der Waals surface area contributed by atoms with Crippen molar-refractivity contribution in [2.45, 2.75) is 19.8 Å². The van der Waals surface area contributed by atoms with Gasteiger partial charge in [0.1, 0.15) is 5.69 Å². The van der Waals surface area contributed by atoms with Crippen LogP contribution >= 0.6 is 11.3 Å². The molecule has 1 aliphatic heterocycles. The number of Topliss-reactive ketones (excluding diaryl/α,β-unsaturated/α-hetero) is 1. The quantitative estimate of drug-likeness (QED) is 0.756. The number of rotatable bonds is 2. The second-order valence-electron chi connectivity index (χ2n) is 4.04. The van der Waals surface area contributed by atoms with E-state index in [4.69, 9.17) is 0 Å². The summed E-state index contributed by atoms with van der Waals surface area (Å²) in [5.74, 6) is 0.186. The highest BCUT2D eigenvalue weighted by Crippen LogP contribution is 2.29. The van der Waals surface area contributed by atoms with Gasteiger partial charge in [0.05, 0.1) is 5.51 Å². The molecule has 3 nitrogen and oxygen atoms in total. The molecule has 1 unspecified atom stereocenters.